The first-order valence-electron chi connectivity index (χ1n) is 9.31. The molecule has 1 aliphatic heterocycles. The molecule has 3 nitrogen and oxygen atoms in total. The molecule has 0 bridgehead atoms. The Balaban J connectivity index is 2.16. The lowest BCUT2D eigenvalue weighted by Gasteiger charge is -2.40. The first kappa shape index (κ1) is 22.1. The summed E-state index contributed by atoms with van der Waals surface area (Å²) in [4.78, 5) is 13.3. The number of nitrogens with zero attached hydrogens (tertiary/aromatic N) is 1. The van der Waals surface area contributed by atoms with Crippen LogP contribution in [0.1, 0.15) is 47.6 Å². The predicted octanol–water partition coefficient (Wildman–Crippen LogP) is 5.75. The SMILES string of the molecule is O=C(O)C1CCCCN1C(c1cccc(C(F)(F)F)c1)c1cccc(C(F)(F)F)c1. The molecule has 1 atom stereocenters. The van der Waals surface area contributed by atoms with E-state index in [1.807, 2.05) is 0 Å². The van der Waals surface area contributed by atoms with Crippen LogP contribution >= 0.6 is 0 Å². The van der Waals surface area contributed by atoms with Gasteiger partial charge in [0.2, 0.25) is 0 Å². The third kappa shape index (κ3) is 4.77. The lowest BCUT2D eigenvalue weighted by Crippen LogP contribution is -2.46. The van der Waals surface area contributed by atoms with Crippen molar-refractivity contribution in [2.75, 3.05) is 6.54 Å². The van der Waals surface area contributed by atoms with E-state index in [2.05, 4.69) is 0 Å². The number of aliphatic carboxylic acids is 1. The second kappa shape index (κ2) is 8.29. The van der Waals surface area contributed by atoms with Gasteiger partial charge in [-0.2, -0.15) is 26.3 Å². The highest BCUT2D eigenvalue weighted by molar-refractivity contribution is 5.73. The lowest BCUT2D eigenvalue weighted by molar-refractivity contribution is -0.146. The van der Waals surface area contributed by atoms with Crippen molar-refractivity contribution < 1.29 is 36.2 Å². The third-order valence-electron chi connectivity index (χ3n) is 5.22. The quantitative estimate of drug-likeness (QED) is 0.627. The minimum atomic E-state index is -4.64. The zero-order valence-corrected chi connectivity index (χ0v) is 15.7. The molecule has 0 spiro atoms. The number of piperidine rings is 1. The number of rotatable bonds is 4. The van der Waals surface area contributed by atoms with Crippen molar-refractivity contribution in [3.63, 3.8) is 0 Å². The van der Waals surface area contributed by atoms with Crippen molar-refractivity contribution in [2.24, 2.45) is 0 Å². The molecule has 0 amide bonds. The van der Waals surface area contributed by atoms with Crippen molar-refractivity contribution in [1.82, 2.24) is 4.90 Å². The fourth-order valence-electron chi connectivity index (χ4n) is 3.87. The van der Waals surface area contributed by atoms with E-state index < -0.39 is 41.5 Å². The summed E-state index contributed by atoms with van der Waals surface area (Å²) in [5.41, 5.74) is -1.70. The van der Waals surface area contributed by atoms with Crippen LogP contribution in [0.25, 0.3) is 0 Å². The van der Waals surface area contributed by atoms with E-state index in [1.54, 1.807) is 0 Å². The van der Waals surface area contributed by atoms with Gasteiger partial charge in [0.25, 0.3) is 0 Å². The minimum Gasteiger partial charge on any atom is -0.480 e. The third-order valence-corrected chi connectivity index (χ3v) is 5.22. The van der Waals surface area contributed by atoms with Gasteiger partial charge in [-0.25, -0.2) is 0 Å². The fourth-order valence-corrected chi connectivity index (χ4v) is 3.87. The molecular formula is C21H19F6NO2. The summed E-state index contributed by atoms with van der Waals surface area (Å²) in [6.45, 7) is 0.244. The van der Waals surface area contributed by atoms with Crippen molar-refractivity contribution in [1.29, 1.82) is 0 Å². The smallest absolute Gasteiger partial charge is 0.416 e. The molecule has 1 fully saturated rings. The molecule has 162 valence electrons. The Morgan fingerprint density at radius 1 is 0.900 bits per heavy atom. The molecule has 0 aromatic heterocycles. The van der Waals surface area contributed by atoms with Gasteiger partial charge in [0.05, 0.1) is 17.2 Å². The van der Waals surface area contributed by atoms with Crippen molar-refractivity contribution >= 4 is 5.97 Å². The topological polar surface area (TPSA) is 40.5 Å². The highest BCUT2D eigenvalue weighted by Crippen LogP contribution is 2.39. The van der Waals surface area contributed by atoms with E-state index in [0.717, 1.165) is 24.3 Å². The Labute approximate surface area is 168 Å². The summed E-state index contributed by atoms with van der Waals surface area (Å²) in [5.74, 6) is -1.15. The zero-order chi connectivity index (χ0) is 22.1. The van der Waals surface area contributed by atoms with Gasteiger partial charge in [-0.1, -0.05) is 30.7 Å². The molecule has 9 heteroatoms. The number of carbonyl (C=O) groups is 1. The van der Waals surface area contributed by atoms with Gasteiger partial charge in [-0.15, -0.1) is 0 Å². The zero-order valence-electron chi connectivity index (χ0n) is 15.7. The Bertz CT molecular complexity index is 851. The van der Waals surface area contributed by atoms with E-state index in [-0.39, 0.29) is 24.1 Å². The molecule has 1 N–H and O–H groups in total. The number of hydrogen-bond acceptors (Lipinski definition) is 2. The molecule has 0 saturated carbocycles. The molecule has 2 aromatic carbocycles. The highest BCUT2D eigenvalue weighted by atomic mass is 19.4. The summed E-state index contributed by atoms with van der Waals surface area (Å²) in [6.07, 6.45) is -7.79. The lowest BCUT2D eigenvalue weighted by atomic mass is 9.90. The molecule has 0 aliphatic carbocycles. The standard InChI is InChI=1S/C21H19F6NO2/c22-20(23,24)15-7-3-5-13(11-15)18(28-10-2-1-9-17(28)19(29)30)14-6-4-8-16(12-14)21(25,26)27/h3-8,11-12,17-18H,1-2,9-10H2,(H,29,30). The normalized spacial score (nSPS) is 18.6. The summed E-state index contributed by atoms with van der Waals surface area (Å²) in [7, 11) is 0. The number of alkyl halides is 6. The molecule has 1 heterocycles. The second-order valence-electron chi connectivity index (χ2n) is 7.24. The van der Waals surface area contributed by atoms with Crippen LogP contribution in [0.3, 0.4) is 0 Å². The van der Waals surface area contributed by atoms with Crippen molar-refractivity contribution in [2.45, 2.75) is 43.7 Å². The first-order valence-corrected chi connectivity index (χ1v) is 9.31. The number of benzene rings is 2. The van der Waals surface area contributed by atoms with Gasteiger partial charge < -0.3 is 5.11 Å². The molecule has 2 aromatic rings. The van der Waals surface area contributed by atoms with Gasteiger partial charge >= 0.3 is 18.3 Å². The van der Waals surface area contributed by atoms with Crippen LogP contribution in [0.5, 0.6) is 0 Å². The molecule has 1 saturated heterocycles. The average Bonchev–Trinajstić information content (AvgIpc) is 2.68. The molecule has 30 heavy (non-hydrogen) atoms. The average molecular weight is 431 g/mol. The van der Waals surface area contributed by atoms with Gasteiger partial charge in [0.1, 0.15) is 6.04 Å². The van der Waals surface area contributed by atoms with Gasteiger partial charge in [0, 0.05) is 0 Å². The first-order chi connectivity index (χ1) is 14.0. The molecular weight excluding hydrogens is 412 g/mol. The highest BCUT2D eigenvalue weighted by Gasteiger charge is 2.38. The van der Waals surface area contributed by atoms with Crippen LogP contribution in [0.4, 0.5) is 26.3 Å². The summed E-state index contributed by atoms with van der Waals surface area (Å²) in [5, 5.41) is 9.62. The molecule has 0 radical (unpaired) electrons. The fraction of sp³-hybridized carbons (Fsp3) is 0.381. The Hall–Kier alpha value is -2.55. The van der Waals surface area contributed by atoms with E-state index in [4.69, 9.17) is 0 Å². The monoisotopic (exact) mass is 431 g/mol. The summed E-state index contributed by atoms with van der Waals surface area (Å²) < 4.78 is 79.5. The van der Waals surface area contributed by atoms with E-state index in [1.165, 1.54) is 29.2 Å². The van der Waals surface area contributed by atoms with Crippen LogP contribution in [-0.4, -0.2) is 28.6 Å². The van der Waals surface area contributed by atoms with E-state index >= 15 is 0 Å². The van der Waals surface area contributed by atoms with Crippen LogP contribution in [0.15, 0.2) is 48.5 Å². The molecule has 3 rings (SSSR count). The number of carboxylic acids is 1. The Kier molecular flexibility index (Phi) is 6.12. The van der Waals surface area contributed by atoms with E-state index in [0.29, 0.717) is 12.8 Å². The number of likely N-dealkylation sites (tertiary alicyclic amines) is 1. The van der Waals surface area contributed by atoms with E-state index in [9.17, 15) is 36.2 Å². The van der Waals surface area contributed by atoms with Crippen molar-refractivity contribution in [3.05, 3.63) is 70.8 Å². The van der Waals surface area contributed by atoms with Gasteiger partial charge in [0.15, 0.2) is 0 Å². The summed E-state index contributed by atoms with van der Waals surface area (Å²) in [6, 6.07) is 6.55. The largest absolute Gasteiger partial charge is 0.480 e. The molecule has 1 unspecified atom stereocenters. The predicted molar refractivity (Wildman–Crippen MR) is 96.7 cm³/mol. The number of halogens is 6. The Morgan fingerprint density at radius 3 is 1.83 bits per heavy atom. The maximum atomic E-state index is 13.2. The number of carboxylic acid groups (broad SMARTS) is 1. The van der Waals surface area contributed by atoms with Gasteiger partial charge in [-0.05, 0) is 54.8 Å². The minimum absolute atomic E-state index is 0.0947. The maximum absolute atomic E-state index is 13.2. The molecule has 1 aliphatic rings. The van der Waals surface area contributed by atoms with Crippen LogP contribution < -0.4 is 0 Å². The van der Waals surface area contributed by atoms with Crippen molar-refractivity contribution in [3.8, 4) is 0 Å². The maximum Gasteiger partial charge on any atom is 0.416 e. The van der Waals surface area contributed by atoms with Crippen LogP contribution in [0.2, 0.25) is 0 Å². The second-order valence-corrected chi connectivity index (χ2v) is 7.24. The summed E-state index contributed by atoms with van der Waals surface area (Å²) >= 11 is 0. The number of hydrogen-bond donors (Lipinski definition) is 1. The van der Waals surface area contributed by atoms with Crippen LogP contribution in [0, 0.1) is 0 Å². The van der Waals surface area contributed by atoms with Gasteiger partial charge in [-0.3, -0.25) is 9.69 Å². The van der Waals surface area contributed by atoms with Crippen LogP contribution in [-0.2, 0) is 17.1 Å². The Morgan fingerprint density at radius 2 is 1.40 bits per heavy atom.